The van der Waals surface area contributed by atoms with Crippen LogP contribution in [-0.4, -0.2) is 31.6 Å². The molecule has 2 aromatic carbocycles. The fraction of sp³-hybridized carbons (Fsp3) is 0.263. The second-order valence-electron chi connectivity index (χ2n) is 6.18. The van der Waals surface area contributed by atoms with Gasteiger partial charge in [-0.25, -0.2) is 9.18 Å². The number of nitrogens with zero attached hydrogens (tertiary/aromatic N) is 1. The number of carbonyl (C=O) groups excluding carboxylic acids is 2. The molecule has 136 valence electrons. The summed E-state index contributed by atoms with van der Waals surface area (Å²) in [6, 6.07) is 10.4. The van der Waals surface area contributed by atoms with Gasteiger partial charge in [-0.05, 0) is 48.9 Å². The van der Waals surface area contributed by atoms with Gasteiger partial charge in [0.2, 0.25) is 5.91 Å². The fourth-order valence-corrected chi connectivity index (χ4v) is 2.94. The van der Waals surface area contributed by atoms with E-state index in [9.17, 15) is 14.0 Å². The number of nitrogens with one attached hydrogen (secondary N) is 2. The van der Waals surface area contributed by atoms with E-state index in [0.29, 0.717) is 23.7 Å². The lowest BCUT2D eigenvalue weighted by Gasteiger charge is -2.18. The highest BCUT2D eigenvalue weighted by Gasteiger charge is 2.31. The van der Waals surface area contributed by atoms with Crippen molar-refractivity contribution >= 4 is 23.3 Å². The van der Waals surface area contributed by atoms with Gasteiger partial charge in [0.1, 0.15) is 11.6 Å². The summed E-state index contributed by atoms with van der Waals surface area (Å²) in [5, 5.41) is 5.55. The molecule has 0 spiro atoms. The molecule has 1 atom stereocenters. The summed E-state index contributed by atoms with van der Waals surface area (Å²) in [7, 11) is 1.53. The lowest BCUT2D eigenvalue weighted by molar-refractivity contribution is -0.117. The Bertz CT molecular complexity index is 823. The van der Waals surface area contributed by atoms with Crippen LogP contribution in [0, 0.1) is 12.7 Å². The number of urea groups is 1. The van der Waals surface area contributed by atoms with E-state index in [1.807, 2.05) is 19.1 Å². The Hall–Kier alpha value is -3.09. The molecule has 0 bridgehead atoms. The maximum atomic E-state index is 13.0. The van der Waals surface area contributed by atoms with Crippen molar-refractivity contribution in [3.05, 3.63) is 53.8 Å². The van der Waals surface area contributed by atoms with Gasteiger partial charge < -0.3 is 20.3 Å². The molecule has 1 heterocycles. The Morgan fingerprint density at radius 3 is 2.65 bits per heavy atom. The molecular formula is C19H20FN3O3. The molecule has 0 unspecified atom stereocenters. The zero-order valence-corrected chi connectivity index (χ0v) is 14.6. The third-order valence-corrected chi connectivity index (χ3v) is 4.20. The highest BCUT2D eigenvalue weighted by Crippen LogP contribution is 2.25. The molecule has 0 saturated carbocycles. The Labute approximate surface area is 150 Å². The first-order chi connectivity index (χ1) is 12.5. The van der Waals surface area contributed by atoms with Gasteiger partial charge in [0.05, 0.1) is 18.8 Å². The number of aryl methyl sites for hydroxylation is 1. The molecule has 0 aromatic heterocycles. The number of hydrogen-bond acceptors (Lipinski definition) is 3. The van der Waals surface area contributed by atoms with Crippen molar-refractivity contribution in [2.45, 2.75) is 19.4 Å². The lowest BCUT2D eigenvalue weighted by atomic mass is 10.2. The predicted molar refractivity (Wildman–Crippen MR) is 97.0 cm³/mol. The van der Waals surface area contributed by atoms with Crippen LogP contribution in [0.4, 0.5) is 20.6 Å². The molecule has 1 aliphatic rings. The molecule has 1 fully saturated rings. The van der Waals surface area contributed by atoms with E-state index in [1.165, 1.54) is 24.1 Å². The number of anilines is 2. The highest BCUT2D eigenvalue weighted by atomic mass is 19.1. The van der Waals surface area contributed by atoms with Gasteiger partial charge >= 0.3 is 6.03 Å². The van der Waals surface area contributed by atoms with Crippen molar-refractivity contribution in [2.75, 3.05) is 23.9 Å². The van der Waals surface area contributed by atoms with Crippen LogP contribution in [0.2, 0.25) is 0 Å². The number of benzene rings is 2. The number of hydrogen-bond donors (Lipinski definition) is 2. The minimum Gasteiger partial charge on any atom is -0.495 e. The van der Waals surface area contributed by atoms with Gasteiger partial charge in [0, 0.05) is 18.7 Å². The van der Waals surface area contributed by atoms with Crippen LogP contribution in [0.1, 0.15) is 12.0 Å². The fourth-order valence-electron chi connectivity index (χ4n) is 2.94. The van der Waals surface area contributed by atoms with Crippen LogP contribution >= 0.6 is 0 Å². The van der Waals surface area contributed by atoms with E-state index in [-0.39, 0.29) is 24.2 Å². The molecular weight excluding hydrogens is 337 g/mol. The predicted octanol–water partition coefficient (Wildman–Crippen LogP) is 3.07. The molecule has 7 heteroatoms. The van der Waals surface area contributed by atoms with Crippen LogP contribution in [0.15, 0.2) is 42.5 Å². The number of amides is 3. The smallest absolute Gasteiger partial charge is 0.319 e. The topological polar surface area (TPSA) is 70.7 Å². The lowest BCUT2D eigenvalue weighted by Crippen LogP contribution is -2.39. The standard InChI is InChI=1S/C19H20FN3O3/c1-12-3-8-17(26-2)16(9-12)22-19(25)21-14-10-18(24)23(11-14)15-6-4-13(20)5-7-15/h3-9,14H,10-11H2,1-2H3,(H2,21,22,25)/t14-/m0/s1. The van der Waals surface area contributed by atoms with Crippen LogP contribution in [0.25, 0.3) is 0 Å². The zero-order valence-electron chi connectivity index (χ0n) is 14.6. The minimum absolute atomic E-state index is 0.116. The SMILES string of the molecule is COc1ccc(C)cc1NC(=O)N[C@H]1CC(=O)N(c2ccc(F)cc2)C1. The van der Waals surface area contributed by atoms with Crippen molar-refractivity contribution in [3.8, 4) is 5.75 Å². The number of carbonyl (C=O) groups is 2. The van der Waals surface area contributed by atoms with Crippen LogP contribution in [-0.2, 0) is 4.79 Å². The average Bonchev–Trinajstić information content (AvgIpc) is 2.96. The molecule has 2 N–H and O–H groups in total. The third-order valence-electron chi connectivity index (χ3n) is 4.20. The number of methoxy groups -OCH3 is 1. The maximum Gasteiger partial charge on any atom is 0.319 e. The van der Waals surface area contributed by atoms with Crippen molar-refractivity contribution in [3.63, 3.8) is 0 Å². The minimum atomic E-state index is -0.410. The average molecular weight is 357 g/mol. The van der Waals surface area contributed by atoms with Gasteiger partial charge in [-0.15, -0.1) is 0 Å². The Morgan fingerprint density at radius 2 is 1.96 bits per heavy atom. The number of halogens is 1. The summed E-state index contributed by atoms with van der Waals surface area (Å²) < 4.78 is 18.3. The van der Waals surface area contributed by atoms with Crippen LogP contribution < -0.4 is 20.3 Å². The molecule has 26 heavy (non-hydrogen) atoms. The summed E-state index contributed by atoms with van der Waals surface area (Å²) in [6.45, 7) is 2.25. The van der Waals surface area contributed by atoms with Gasteiger partial charge in [0.15, 0.2) is 0 Å². The summed E-state index contributed by atoms with van der Waals surface area (Å²) in [5.74, 6) is 0.0813. The Balaban J connectivity index is 1.63. The van der Waals surface area contributed by atoms with E-state index in [1.54, 1.807) is 18.2 Å². The van der Waals surface area contributed by atoms with E-state index in [0.717, 1.165) is 5.56 Å². The number of rotatable bonds is 4. The first-order valence-corrected chi connectivity index (χ1v) is 8.24. The Kier molecular flexibility index (Phi) is 5.06. The summed E-state index contributed by atoms with van der Waals surface area (Å²) in [4.78, 5) is 26.0. The molecule has 6 nitrogen and oxygen atoms in total. The van der Waals surface area contributed by atoms with Gasteiger partial charge in [-0.1, -0.05) is 6.07 Å². The molecule has 1 aliphatic heterocycles. The Morgan fingerprint density at radius 1 is 1.23 bits per heavy atom. The van der Waals surface area contributed by atoms with Crippen LogP contribution in [0.5, 0.6) is 5.75 Å². The summed E-state index contributed by atoms with van der Waals surface area (Å²) in [6.07, 6.45) is 0.190. The van der Waals surface area contributed by atoms with Crippen molar-refractivity contribution in [2.24, 2.45) is 0 Å². The molecule has 3 rings (SSSR count). The van der Waals surface area contributed by atoms with Crippen LogP contribution in [0.3, 0.4) is 0 Å². The maximum absolute atomic E-state index is 13.0. The molecule has 1 saturated heterocycles. The second-order valence-corrected chi connectivity index (χ2v) is 6.18. The van der Waals surface area contributed by atoms with Crippen molar-refractivity contribution < 1.29 is 18.7 Å². The first-order valence-electron chi connectivity index (χ1n) is 8.24. The summed E-state index contributed by atoms with van der Waals surface area (Å²) >= 11 is 0. The molecule has 3 amide bonds. The first kappa shape index (κ1) is 17.7. The normalized spacial score (nSPS) is 16.5. The molecule has 0 aliphatic carbocycles. The molecule has 0 radical (unpaired) electrons. The van der Waals surface area contributed by atoms with E-state index < -0.39 is 6.03 Å². The van der Waals surface area contributed by atoms with E-state index in [4.69, 9.17) is 4.74 Å². The highest BCUT2D eigenvalue weighted by molar-refractivity contribution is 5.98. The quantitative estimate of drug-likeness (QED) is 0.883. The molecule has 2 aromatic rings. The second kappa shape index (κ2) is 7.43. The zero-order chi connectivity index (χ0) is 18.7. The van der Waals surface area contributed by atoms with Gasteiger partial charge in [-0.3, -0.25) is 4.79 Å². The van der Waals surface area contributed by atoms with Crippen molar-refractivity contribution in [1.82, 2.24) is 5.32 Å². The van der Waals surface area contributed by atoms with E-state index >= 15 is 0 Å². The summed E-state index contributed by atoms with van der Waals surface area (Å²) in [5.41, 5.74) is 2.16. The third kappa shape index (κ3) is 3.93. The number of ether oxygens (including phenoxy) is 1. The largest absolute Gasteiger partial charge is 0.495 e. The monoisotopic (exact) mass is 357 g/mol. The van der Waals surface area contributed by atoms with E-state index in [2.05, 4.69) is 10.6 Å². The van der Waals surface area contributed by atoms with Crippen molar-refractivity contribution in [1.29, 1.82) is 0 Å². The van der Waals surface area contributed by atoms with Gasteiger partial charge in [0.25, 0.3) is 0 Å². The van der Waals surface area contributed by atoms with Gasteiger partial charge in [-0.2, -0.15) is 0 Å².